The zero-order valence-electron chi connectivity index (χ0n) is 9.59. The van der Waals surface area contributed by atoms with Crippen molar-refractivity contribution in [3.63, 3.8) is 0 Å². The maximum Gasteiger partial charge on any atom is 0.329 e. The number of nitrogen functional groups attached to an aromatic ring is 1. The number of aromatic nitrogens is 2. The van der Waals surface area contributed by atoms with E-state index >= 15 is 0 Å². The first-order chi connectivity index (χ1) is 8.60. The number of nitrogens with zero attached hydrogens (tertiary/aromatic N) is 3. The van der Waals surface area contributed by atoms with Crippen LogP contribution in [0.4, 0.5) is 17.5 Å². The molecule has 1 aliphatic rings. The van der Waals surface area contributed by atoms with Gasteiger partial charge in [0.15, 0.2) is 0 Å². The Bertz CT molecular complexity index is 462. The molecule has 0 amide bonds. The van der Waals surface area contributed by atoms with E-state index in [1.807, 2.05) is 0 Å². The Hall–Kier alpha value is -2.00. The van der Waals surface area contributed by atoms with Gasteiger partial charge in [0.2, 0.25) is 11.8 Å². The Kier molecular flexibility index (Phi) is 3.26. The summed E-state index contributed by atoms with van der Waals surface area (Å²) < 4.78 is 0. The van der Waals surface area contributed by atoms with Gasteiger partial charge in [0.05, 0.1) is 11.5 Å². The molecule has 0 atom stereocenters. The Balaban J connectivity index is 2.16. The summed E-state index contributed by atoms with van der Waals surface area (Å²) >= 11 is 0. The van der Waals surface area contributed by atoms with Gasteiger partial charge in [-0.25, -0.2) is 10.8 Å². The lowest BCUT2D eigenvalue weighted by Crippen LogP contribution is -2.21. The van der Waals surface area contributed by atoms with E-state index < -0.39 is 4.92 Å². The number of aliphatic hydroxyl groups is 1. The number of nitrogens with two attached hydrogens (primary N) is 1. The molecule has 1 saturated carbocycles. The van der Waals surface area contributed by atoms with E-state index in [4.69, 9.17) is 5.84 Å². The van der Waals surface area contributed by atoms with E-state index in [0.29, 0.717) is 6.54 Å². The molecule has 0 saturated heterocycles. The second-order valence-electron chi connectivity index (χ2n) is 4.34. The predicted octanol–water partition coefficient (Wildman–Crippen LogP) is -0.145. The molecule has 2 rings (SSSR count). The summed E-state index contributed by atoms with van der Waals surface area (Å²) in [5, 5.41) is 22.9. The van der Waals surface area contributed by atoms with E-state index in [9.17, 15) is 15.2 Å². The van der Waals surface area contributed by atoms with Crippen LogP contribution in [0.2, 0.25) is 0 Å². The smallest absolute Gasteiger partial charge is 0.329 e. The second kappa shape index (κ2) is 4.70. The van der Waals surface area contributed by atoms with Crippen molar-refractivity contribution in [2.75, 3.05) is 23.9 Å². The first-order valence-electron chi connectivity index (χ1n) is 5.43. The molecule has 1 aliphatic carbocycles. The van der Waals surface area contributed by atoms with Crippen LogP contribution in [-0.4, -0.2) is 33.1 Å². The number of aliphatic hydroxyl groups excluding tert-OH is 1. The summed E-state index contributed by atoms with van der Waals surface area (Å²) in [6, 6.07) is 0. The van der Waals surface area contributed by atoms with Crippen molar-refractivity contribution < 1.29 is 10.0 Å². The SMILES string of the molecule is NNc1ncc([N+](=O)[O-])c(NCC2(CO)CC2)n1. The number of nitro groups is 1. The minimum absolute atomic E-state index is 0.0564. The number of nitrogens with one attached hydrogen (secondary N) is 2. The normalized spacial score (nSPS) is 16.1. The first-order valence-corrected chi connectivity index (χ1v) is 5.43. The fourth-order valence-corrected chi connectivity index (χ4v) is 1.55. The van der Waals surface area contributed by atoms with Crippen molar-refractivity contribution in [2.45, 2.75) is 12.8 Å². The maximum absolute atomic E-state index is 10.8. The molecule has 1 heterocycles. The standard InChI is InChI=1S/C9H14N6O3/c10-14-8-11-3-6(15(17)18)7(13-8)12-4-9(5-16)1-2-9/h3,16H,1-2,4-5,10H2,(H2,11,12,13,14). The van der Waals surface area contributed by atoms with E-state index in [0.717, 1.165) is 19.0 Å². The molecular formula is C9H14N6O3. The highest BCUT2D eigenvalue weighted by atomic mass is 16.6. The van der Waals surface area contributed by atoms with E-state index in [1.165, 1.54) is 0 Å². The summed E-state index contributed by atoms with van der Waals surface area (Å²) in [5.74, 6) is 5.35. The Morgan fingerprint density at radius 2 is 2.33 bits per heavy atom. The predicted molar refractivity (Wildman–Crippen MR) is 63.7 cm³/mol. The molecule has 98 valence electrons. The summed E-state index contributed by atoms with van der Waals surface area (Å²) in [5.41, 5.74) is 1.83. The lowest BCUT2D eigenvalue weighted by molar-refractivity contribution is -0.384. The Labute approximate surface area is 103 Å². The van der Waals surface area contributed by atoms with Crippen molar-refractivity contribution >= 4 is 17.5 Å². The van der Waals surface area contributed by atoms with Crippen LogP contribution in [0.15, 0.2) is 6.20 Å². The second-order valence-corrected chi connectivity index (χ2v) is 4.34. The van der Waals surface area contributed by atoms with Gasteiger partial charge in [0, 0.05) is 12.0 Å². The molecule has 1 aromatic rings. The molecule has 9 nitrogen and oxygen atoms in total. The summed E-state index contributed by atoms with van der Waals surface area (Å²) in [6.45, 7) is 0.492. The molecule has 0 unspecified atom stereocenters. The van der Waals surface area contributed by atoms with E-state index in [-0.39, 0.29) is 29.5 Å². The number of hydrogen-bond donors (Lipinski definition) is 4. The van der Waals surface area contributed by atoms with Crippen LogP contribution in [0.25, 0.3) is 0 Å². The third-order valence-electron chi connectivity index (χ3n) is 3.02. The molecule has 0 aromatic carbocycles. The van der Waals surface area contributed by atoms with Crippen molar-refractivity contribution in [3.8, 4) is 0 Å². The van der Waals surface area contributed by atoms with Crippen molar-refractivity contribution in [1.29, 1.82) is 0 Å². The Morgan fingerprint density at radius 1 is 1.61 bits per heavy atom. The van der Waals surface area contributed by atoms with Gasteiger partial charge >= 0.3 is 5.69 Å². The van der Waals surface area contributed by atoms with Gasteiger partial charge in [-0.3, -0.25) is 15.5 Å². The van der Waals surface area contributed by atoms with Gasteiger partial charge in [-0.2, -0.15) is 4.98 Å². The number of anilines is 2. The van der Waals surface area contributed by atoms with Crippen LogP contribution in [0.3, 0.4) is 0 Å². The number of rotatable bonds is 6. The molecule has 9 heteroatoms. The molecule has 5 N–H and O–H groups in total. The average Bonchev–Trinajstić information content (AvgIpc) is 3.16. The Morgan fingerprint density at radius 3 is 2.83 bits per heavy atom. The molecular weight excluding hydrogens is 240 g/mol. The van der Waals surface area contributed by atoms with Gasteiger partial charge in [0.25, 0.3) is 0 Å². The van der Waals surface area contributed by atoms with E-state index in [1.54, 1.807) is 0 Å². The fourth-order valence-electron chi connectivity index (χ4n) is 1.55. The van der Waals surface area contributed by atoms with Gasteiger partial charge in [-0.05, 0) is 12.8 Å². The third-order valence-corrected chi connectivity index (χ3v) is 3.02. The van der Waals surface area contributed by atoms with Crippen LogP contribution < -0.4 is 16.6 Å². The topological polar surface area (TPSA) is 139 Å². The number of hydrazine groups is 1. The summed E-state index contributed by atoms with van der Waals surface area (Å²) in [7, 11) is 0. The lowest BCUT2D eigenvalue weighted by Gasteiger charge is -2.13. The quantitative estimate of drug-likeness (QED) is 0.312. The van der Waals surface area contributed by atoms with Crippen molar-refractivity contribution in [3.05, 3.63) is 16.3 Å². The maximum atomic E-state index is 10.8. The fraction of sp³-hybridized carbons (Fsp3) is 0.556. The summed E-state index contributed by atoms with van der Waals surface area (Å²) in [6.07, 6.45) is 2.89. The molecule has 1 fully saturated rings. The lowest BCUT2D eigenvalue weighted by atomic mass is 10.1. The van der Waals surface area contributed by atoms with Crippen molar-refractivity contribution in [1.82, 2.24) is 9.97 Å². The van der Waals surface area contributed by atoms with Crippen LogP contribution >= 0.6 is 0 Å². The monoisotopic (exact) mass is 254 g/mol. The van der Waals surface area contributed by atoms with Crippen LogP contribution in [0, 0.1) is 15.5 Å². The largest absolute Gasteiger partial charge is 0.396 e. The summed E-state index contributed by atoms with van der Waals surface area (Å²) in [4.78, 5) is 17.8. The van der Waals surface area contributed by atoms with Crippen LogP contribution in [0.1, 0.15) is 12.8 Å². The minimum Gasteiger partial charge on any atom is -0.396 e. The highest BCUT2D eigenvalue weighted by Gasteiger charge is 2.42. The van der Waals surface area contributed by atoms with Crippen molar-refractivity contribution in [2.24, 2.45) is 11.3 Å². The van der Waals surface area contributed by atoms with Gasteiger partial charge in [-0.1, -0.05) is 0 Å². The molecule has 0 aliphatic heterocycles. The zero-order chi connectivity index (χ0) is 13.2. The van der Waals surface area contributed by atoms with Gasteiger partial charge in [-0.15, -0.1) is 0 Å². The van der Waals surface area contributed by atoms with Crippen LogP contribution in [0.5, 0.6) is 0 Å². The zero-order valence-corrected chi connectivity index (χ0v) is 9.59. The molecule has 1 aromatic heterocycles. The first kappa shape index (κ1) is 12.5. The number of hydrogen-bond acceptors (Lipinski definition) is 8. The molecule has 0 spiro atoms. The molecule has 18 heavy (non-hydrogen) atoms. The highest BCUT2D eigenvalue weighted by Crippen LogP contribution is 2.45. The van der Waals surface area contributed by atoms with E-state index in [2.05, 4.69) is 20.7 Å². The third kappa shape index (κ3) is 2.46. The van der Waals surface area contributed by atoms with Crippen LogP contribution in [-0.2, 0) is 0 Å². The van der Waals surface area contributed by atoms with Gasteiger partial charge < -0.3 is 10.4 Å². The highest BCUT2D eigenvalue weighted by molar-refractivity contribution is 5.57. The molecule has 0 radical (unpaired) electrons. The minimum atomic E-state index is -0.568. The molecule has 0 bridgehead atoms. The average molecular weight is 254 g/mol. The van der Waals surface area contributed by atoms with Gasteiger partial charge in [0.1, 0.15) is 6.20 Å².